The number of anilines is 1. The SMILES string of the molecule is Cc1ccc(N(CC(=O)N(Cc2cccc(C)c2)[C@@H](C)C(=O)NC2CCCCC2)S(C)(=O)=O)cc1. The van der Waals surface area contributed by atoms with Gasteiger partial charge in [0, 0.05) is 12.6 Å². The smallest absolute Gasteiger partial charge is 0.244 e. The van der Waals surface area contributed by atoms with Gasteiger partial charge < -0.3 is 10.2 Å². The third-order valence-corrected chi connectivity index (χ3v) is 7.70. The number of benzene rings is 2. The zero-order valence-electron chi connectivity index (χ0n) is 21.2. The Kier molecular flexibility index (Phi) is 8.94. The van der Waals surface area contributed by atoms with E-state index in [0.29, 0.717) is 5.69 Å². The molecule has 3 rings (SSSR count). The van der Waals surface area contributed by atoms with Crippen molar-refractivity contribution in [1.29, 1.82) is 0 Å². The molecule has 1 aliphatic carbocycles. The number of hydrogen-bond donors (Lipinski definition) is 1. The Morgan fingerprint density at radius 2 is 1.66 bits per heavy atom. The van der Waals surface area contributed by atoms with Gasteiger partial charge in [-0.05, 0) is 51.3 Å². The molecule has 1 N–H and O–H groups in total. The number of nitrogens with zero attached hydrogens (tertiary/aromatic N) is 2. The van der Waals surface area contributed by atoms with Crippen molar-refractivity contribution >= 4 is 27.5 Å². The second-order valence-electron chi connectivity index (χ2n) is 9.64. The van der Waals surface area contributed by atoms with E-state index in [-0.39, 0.29) is 25.0 Å². The molecule has 2 aromatic rings. The molecule has 7 nitrogen and oxygen atoms in total. The van der Waals surface area contributed by atoms with Crippen LogP contribution in [-0.4, -0.2) is 50.0 Å². The van der Waals surface area contributed by atoms with Crippen LogP contribution in [0.2, 0.25) is 0 Å². The van der Waals surface area contributed by atoms with Crippen LogP contribution in [0.3, 0.4) is 0 Å². The molecule has 190 valence electrons. The summed E-state index contributed by atoms with van der Waals surface area (Å²) >= 11 is 0. The van der Waals surface area contributed by atoms with Gasteiger partial charge in [0.15, 0.2) is 0 Å². The van der Waals surface area contributed by atoms with E-state index in [0.717, 1.165) is 52.9 Å². The number of aryl methyl sites for hydroxylation is 2. The lowest BCUT2D eigenvalue weighted by Crippen LogP contribution is -2.52. The fourth-order valence-electron chi connectivity index (χ4n) is 4.48. The van der Waals surface area contributed by atoms with Gasteiger partial charge in [0.2, 0.25) is 21.8 Å². The molecule has 2 amide bonds. The van der Waals surface area contributed by atoms with Crippen molar-refractivity contribution in [2.24, 2.45) is 0 Å². The Morgan fingerprint density at radius 3 is 2.26 bits per heavy atom. The van der Waals surface area contributed by atoms with E-state index in [4.69, 9.17) is 0 Å². The van der Waals surface area contributed by atoms with Crippen molar-refractivity contribution in [2.75, 3.05) is 17.1 Å². The van der Waals surface area contributed by atoms with Crippen molar-refractivity contribution in [2.45, 2.75) is 71.5 Å². The molecule has 1 saturated carbocycles. The predicted octanol–water partition coefficient (Wildman–Crippen LogP) is 3.94. The van der Waals surface area contributed by atoms with Crippen LogP contribution in [0, 0.1) is 13.8 Å². The highest BCUT2D eigenvalue weighted by Gasteiger charge is 2.31. The van der Waals surface area contributed by atoms with Gasteiger partial charge in [0.1, 0.15) is 12.6 Å². The molecule has 8 heteroatoms. The summed E-state index contributed by atoms with van der Waals surface area (Å²) in [7, 11) is -3.72. The summed E-state index contributed by atoms with van der Waals surface area (Å²) in [5.41, 5.74) is 3.34. The zero-order valence-corrected chi connectivity index (χ0v) is 22.0. The highest BCUT2D eigenvalue weighted by atomic mass is 32.2. The number of hydrogen-bond acceptors (Lipinski definition) is 4. The van der Waals surface area contributed by atoms with Crippen LogP contribution in [-0.2, 0) is 26.2 Å². The summed E-state index contributed by atoms with van der Waals surface area (Å²) < 4.78 is 26.3. The Hall–Kier alpha value is -2.87. The third kappa shape index (κ3) is 7.56. The molecule has 0 radical (unpaired) electrons. The lowest BCUT2D eigenvalue weighted by Gasteiger charge is -2.33. The van der Waals surface area contributed by atoms with Gasteiger partial charge in [0.25, 0.3) is 0 Å². The van der Waals surface area contributed by atoms with E-state index in [1.165, 1.54) is 11.3 Å². The maximum atomic E-state index is 13.6. The van der Waals surface area contributed by atoms with Crippen molar-refractivity contribution in [3.63, 3.8) is 0 Å². The van der Waals surface area contributed by atoms with Gasteiger partial charge in [-0.2, -0.15) is 0 Å². The fourth-order valence-corrected chi connectivity index (χ4v) is 5.33. The maximum absolute atomic E-state index is 13.6. The normalized spacial score (nSPS) is 15.3. The minimum Gasteiger partial charge on any atom is -0.352 e. The molecule has 1 atom stereocenters. The van der Waals surface area contributed by atoms with Crippen molar-refractivity contribution < 1.29 is 18.0 Å². The highest BCUT2D eigenvalue weighted by Crippen LogP contribution is 2.21. The van der Waals surface area contributed by atoms with Gasteiger partial charge in [-0.3, -0.25) is 13.9 Å². The first-order chi connectivity index (χ1) is 16.5. The Labute approximate surface area is 209 Å². The van der Waals surface area contributed by atoms with Crippen molar-refractivity contribution in [3.05, 3.63) is 65.2 Å². The lowest BCUT2D eigenvalue weighted by atomic mass is 9.95. The van der Waals surface area contributed by atoms with E-state index in [2.05, 4.69) is 5.32 Å². The van der Waals surface area contributed by atoms with Crippen molar-refractivity contribution in [1.82, 2.24) is 10.2 Å². The second-order valence-corrected chi connectivity index (χ2v) is 11.5. The van der Waals surface area contributed by atoms with Crippen LogP contribution in [0.15, 0.2) is 48.5 Å². The van der Waals surface area contributed by atoms with E-state index < -0.39 is 22.0 Å². The molecule has 0 spiro atoms. The molecule has 0 aromatic heterocycles. The monoisotopic (exact) mass is 499 g/mol. The third-order valence-electron chi connectivity index (χ3n) is 6.56. The molecule has 0 bridgehead atoms. The molecule has 0 aliphatic heterocycles. The molecule has 1 aliphatic rings. The number of carbonyl (C=O) groups is 2. The number of sulfonamides is 1. The molecule has 35 heavy (non-hydrogen) atoms. The Balaban J connectivity index is 1.86. The second kappa shape index (κ2) is 11.7. The average molecular weight is 500 g/mol. The first-order valence-corrected chi connectivity index (χ1v) is 14.1. The number of carbonyl (C=O) groups excluding carboxylic acids is 2. The lowest BCUT2D eigenvalue weighted by molar-refractivity contribution is -0.139. The average Bonchev–Trinajstić information content (AvgIpc) is 2.81. The molecule has 1 fully saturated rings. The Morgan fingerprint density at radius 1 is 1.00 bits per heavy atom. The Bertz CT molecular complexity index is 1130. The predicted molar refractivity (Wildman–Crippen MR) is 140 cm³/mol. The fraction of sp³-hybridized carbons (Fsp3) is 0.481. The van der Waals surface area contributed by atoms with Crippen molar-refractivity contribution in [3.8, 4) is 0 Å². The first-order valence-electron chi connectivity index (χ1n) is 12.2. The van der Waals surface area contributed by atoms with E-state index in [1.807, 2.05) is 50.2 Å². The summed E-state index contributed by atoms with van der Waals surface area (Å²) in [4.78, 5) is 28.3. The molecule has 0 saturated heterocycles. The van der Waals surface area contributed by atoms with Gasteiger partial charge in [0.05, 0.1) is 11.9 Å². The molecular formula is C27H37N3O4S. The molecule has 0 heterocycles. The van der Waals surface area contributed by atoms with Crippen LogP contribution in [0.25, 0.3) is 0 Å². The van der Waals surface area contributed by atoms with E-state index in [9.17, 15) is 18.0 Å². The van der Waals surface area contributed by atoms with Crippen LogP contribution >= 0.6 is 0 Å². The van der Waals surface area contributed by atoms with Crippen LogP contribution in [0.1, 0.15) is 55.7 Å². The summed E-state index contributed by atoms with van der Waals surface area (Å²) in [5, 5.41) is 3.11. The van der Waals surface area contributed by atoms with Crippen LogP contribution in [0.4, 0.5) is 5.69 Å². The number of rotatable bonds is 9. The largest absolute Gasteiger partial charge is 0.352 e. The van der Waals surface area contributed by atoms with E-state index >= 15 is 0 Å². The van der Waals surface area contributed by atoms with Crippen LogP contribution < -0.4 is 9.62 Å². The standard InChI is InChI=1S/C27H37N3O4S/c1-20-13-15-25(16-14-20)30(35(4,33)34)19-26(31)29(18-23-10-8-9-21(2)17-23)22(3)27(32)28-24-11-6-5-7-12-24/h8-10,13-17,22,24H,5-7,11-12,18-19H2,1-4H3,(H,28,32)/t22-/m0/s1. The summed E-state index contributed by atoms with van der Waals surface area (Å²) in [6.45, 7) is 5.43. The molecule has 0 unspecified atom stereocenters. The van der Waals surface area contributed by atoms with Gasteiger partial charge >= 0.3 is 0 Å². The van der Waals surface area contributed by atoms with Gasteiger partial charge in [-0.25, -0.2) is 8.42 Å². The van der Waals surface area contributed by atoms with Gasteiger partial charge in [-0.1, -0.05) is 66.8 Å². The van der Waals surface area contributed by atoms with Crippen LogP contribution in [0.5, 0.6) is 0 Å². The summed E-state index contributed by atoms with van der Waals surface area (Å²) in [6.07, 6.45) is 6.33. The molecular weight excluding hydrogens is 462 g/mol. The first kappa shape index (κ1) is 26.7. The quantitative estimate of drug-likeness (QED) is 0.566. The highest BCUT2D eigenvalue weighted by molar-refractivity contribution is 7.92. The minimum absolute atomic E-state index is 0.120. The topological polar surface area (TPSA) is 86.8 Å². The summed E-state index contributed by atoms with van der Waals surface area (Å²) in [6, 6.07) is 14.1. The number of nitrogens with one attached hydrogen (secondary N) is 1. The maximum Gasteiger partial charge on any atom is 0.244 e. The van der Waals surface area contributed by atoms with E-state index in [1.54, 1.807) is 19.1 Å². The number of amides is 2. The minimum atomic E-state index is -3.72. The zero-order chi connectivity index (χ0) is 25.6. The van der Waals surface area contributed by atoms with Gasteiger partial charge in [-0.15, -0.1) is 0 Å². The summed E-state index contributed by atoms with van der Waals surface area (Å²) in [5.74, 6) is -0.636. The molecule has 2 aromatic carbocycles.